The molecule has 3 aromatic rings. The number of ether oxygens (including phenoxy) is 1. The molecule has 0 unspecified atom stereocenters. The quantitative estimate of drug-likeness (QED) is 0.508. The third-order valence-corrected chi connectivity index (χ3v) is 5.49. The van der Waals surface area contributed by atoms with Crippen molar-refractivity contribution < 1.29 is 14.3 Å². The molecule has 0 spiro atoms. The van der Waals surface area contributed by atoms with E-state index in [9.17, 15) is 9.59 Å². The van der Waals surface area contributed by atoms with Crippen molar-refractivity contribution in [2.24, 2.45) is 0 Å². The van der Waals surface area contributed by atoms with Gasteiger partial charge in [0.1, 0.15) is 11.4 Å². The monoisotopic (exact) mass is 426 g/mol. The summed E-state index contributed by atoms with van der Waals surface area (Å²) in [5.74, 6) is 0.0129. The molecule has 1 aliphatic heterocycles. The molecule has 32 heavy (non-hydrogen) atoms. The molecule has 1 N–H and O–H groups in total. The predicted octanol–water partition coefficient (Wildman–Crippen LogP) is 5.49. The Kier molecular flexibility index (Phi) is 6.08. The lowest BCUT2D eigenvalue weighted by molar-refractivity contribution is -0.120. The fraction of sp³-hybridized carbons (Fsp3) is 0.185. The summed E-state index contributed by atoms with van der Waals surface area (Å²) in [7, 11) is 0. The molecule has 0 saturated heterocycles. The summed E-state index contributed by atoms with van der Waals surface area (Å²) in [5.41, 5.74) is 4.70. The maximum absolute atomic E-state index is 13.5. The fourth-order valence-electron chi connectivity index (χ4n) is 3.62. The first-order valence-corrected chi connectivity index (χ1v) is 10.7. The van der Waals surface area contributed by atoms with Crippen LogP contribution in [0.15, 0.2) is 78.5 Å². The number of para-hydroxylation sites is 1. The van der Waals surface area contributed by atoms with Crippen molar-refractivity contribution in [2.45, 2.75) is 27.2 Å². The van der Waals surface area contributed by atoms with Crippen LogP contribution in [0.2, 0.25) is 0 Å². The smallest absolute Gasteiger partial charge is 0.282 e. The van der Waals surface area contributed by atoms with Crippen LogP contribution < -0.4 is 15.0 Å². The largest absolute Gasteiger partial charge is 0.494 e. The average molecular weight is 427 g/mol. The molecule has 0 bridgehead atoms. The minimum Gasteiger partial charge on any atom is -0.494 e. The van der Waals surface area contributed by atoms with E-state index in [4.69, 9.17) is 4.74 Å². The van der Waals surface area contributed by atoms with E-state index in [1.54, 1.807) is 0 Å². The standard InChI is InChI=1S/C27H26N2O3/c1-4-16-32-23-14-11-20(12-15-23)24-25(28-21-8-6-5-7-9-21)27(31)29(26(24)30)22-13-10-18(2)19(3)17-22/h5-15,17,28H,4,16H2,1-3H3. The summed E-state index contributed by atoms with van der Waals surface area (Å²) in [6, 6.07) is 22.3. The number of aryl methyl sites for hydroxylation is 2. The van der Waals surface area contributed by atoms with Crippen LogP contribution in [0.25, 0.3) is 5.57 Å². The maximum Gasteiger partial charge on any atom is 0.282 e. The first-order valence-electron chi connectivity index (χ1n) is 10.7. The molecule has 0 aromatic heterocycles. The van der Waals surface area contributed by atoms with Crippen LogP contribution in [0.3, 0.4) is 0 Å². The molecular formula is C27H26N2O3. The minimum absolute atomic E-state index is 0.265. The molecule has 5 heteroatoms. The lowest BCUT2D eigenvalue weighted by Gasteiger charge is -2.17. The number of carbonyl (C=O) groups excluding carboxylic acids is 2. The van der Waals surface area contributed by atoms with E-state index in [-0.39, 0.29) is 17.5 Å². The van der Waals surface area contributed by atoms with Crippen LogP contribution in [0.5, 0.6) is 5.75 Å². The van der Waals surface area contributed by atoms with E-state index in [1.807, 2.05) is 93.6 Å². The summed E-state index contributed by atoms with van der Waals surface area (Å²) in [6.07, 6.45) is 0.913. The normalized spacial score (nSPS) is 13.7. The Morgan fingerprint density at radius 2 is 1.56 bits per heavy atom. The summed E-state index contributed by atoms with van der Waals surface area (Å²) < 4.78 is 5.66. The second kappa shape index (κ2) is 9.10. The number of hydrogen-bond donors (Lipinski definition) is 1. The molecular weight excluding hydrogens is 400 g/mol. The van der Waals surface area contributed by atoms with Crippen LogP contribution >= 0.6 is 0 Å². The lowest BCUT2D eigenvalue weighted by atomic mass is 10.0. The Bertz CT molecular complexity index is 1180. The van der Waals surface area contributed by atoms with Crippen molar-refractivity contribution in [2.75, 3.05) is 16.8 Å². The van der Waals surface area contributed by atoms with Crippen LogP contribution in [0.4, 0.5) is 11.4 Å². The summed E-state index contributed by atoms with van der Waals surface area (Å²) in [6.45, 7) is 6.64. The highest BCUT2D eigenvalue weighted by atomic mass is 16.5. The highest BCUT2D eigenvalue weighted by molar-refractivity contribution is 6.46. The van der Waals surface area contributed by atoms with E-state index < -0.39 is 0 Å². The van der Waals surface area contributed by atoms with E-state index in [2.05, 4.69) is 5.32 Å². The predicted molar refractivity (Wildman–Crippen MR) is 128 cm³/mol. The molecule has 0 aliphatic carbocycles. The van der Waals surface area contributed by atoms with Gasteiger partial charge in [-0.15, -0.1) is 0 Å². The Labute approximate surface area is 188 Å². The van der Waals surface area contributed by atoms with Gasteiger partial charge in [0.05, 0.1) is 17.9 Å². The van der Waals surface area contributed by atoms with E-state index in [0.29, 0.717) is 23.4 Å². The van der Waals surface area contributed by atoms with Crippen LogP contribution in [0, 0.1) is 13.8 Å². The number of hydrogen-bond acceptors (Lipinski definition) is 4. The van der Waals surface area contributed by atoms with Crippen molar-refractivity contribution in [1.29, 1.82) is 0 Å². The Hall–Kier alpha value is -3.86. The number of benzene rings is 3. The highest BCUT2D eigenvalue weighted by Gasteiger charge is 2.40. The summed E-state index contributed by atoms with van der Waals surface area (Å²) in [5, 5.41) is 3.18. The van der Waals surface area contributed by atoms with Crippen molar-refractivity contribution in [3.8, 4) is 5.75 Å². The van der Waals surface area contributed by atoms with Gasteiger partial charge in [-0.25, -0.2) is 4.90 Å². The lowest BCUT2D eigenvalue weighted by Crippen LogP contribution is -2.32. The topological polar surface area (TPSA) is 58.6 Å². The third-order valence-electron chi connectivity index (χ3n) is 5.49. The van der Waals surface area contributed by atoms with Gasteiger partial charge >= 0.3 is 0 Å². The summed E-state index contributed by atoms with van der Waals surface area (Å²) in [4.78, 5) is 28.3. The Morgan fingerprint density at radius 1 is 0.844 bits per heavy atom. The molecule has 5 nitrogen and oxygen atoms in total. The Balaban J connectivity index is 1.76. The minimum atomic E-state index is -0.372. The van der Waals surface area contributed by atoms with Gasteiger partial charge in [0, 0.05) is 5.69 Å². The zero-order valence-electron chi connectivity index (χ0n) is 18.5. The molecule has 2 amide bonds. The van der Waals surface area contributed by atoms with Gasteiger partial charge < -0.3 is 10.1 Å². The molecule has 0 saturated carbocycles. The fourth-order valence-corrected chi connectivity index (χ4v) is 3.62. The number of anilines is 2. The van der Waals surface area contributed by atoms with E-state index >= 15 is 0 Å². The molecule has 1 heterocycles. The van der Waals surface area contributed by atoms with Gasteiger partial charge in [0.15, 0.2) is 0 Å². The number of nitrogens with one attached hydrogen (secondary N) is 1. The average Bonchev–Trinajstić information content (AvgIpc) is 3.04. The molecule has 0 atom stereocenters. The second-order valence-electron chi connectivity index (χ2n) is 7.83. The van der Waals surface area contributed by atoms with E-state index in [1.165, 1.54) is 4.90 Å². The number of imide groups is 1. The SMILES string of the molecule is CCCOc1ccc(C2=C(Nc3ccccc3)C(=O)N(c3ccc(C)c(C)c3)C2=O)cc1. The Morgan fingerprint density at radius 3 is 2.22 bits per heavy atom. The zero-order chi connectivity index (χ0) is 22.7. The first-order chi connectivity index (χ1) is 15.5. The van der Waals surface area contributed by atoms with E-state index in [0.717, 1.165) is 29.0 Å². The number of amides is 2. The van der Waals surface area contributed by atoms with Crippen LogP contribution in [-0.2, 0) is 9.59 Å². The maximum atomic E-state index is 13.5. The van der Waals surface area contributed by atoms with Crippen molar-refractivity contribution in [3.63, 3.8) is 0 Å². The molecule has 3 aromatic carbocycles. The number of nitrogens with zero attached hydrogens (tertiary/aromatic N) is 1. The second-order valence-corrected chi connectivity index (χ2v) is 7.83. The molecule has 0 fully saturated rings. The highest BCUT2D eigenvalue weighted by Crippen LogP contribution is 2.35. The van der Waals surface area contributed by atoms with Crippen LogP contribution in [0.1, 0.15) is 30.0 Å². The molecule has 0 radical (unpaired) electrons. The van der Waals surface area contributed by atoms with Crippen molar-refractivity contribution in [1.82, 2.24) is 0 Å². The molecule has 4 rings (SSSR count). The van der Waals surface area contributed by atoms with Gasteiger partial charge in [-0.05, 0) is 73.4 Å². The number of rotatable bonds is 7. The van der Waals surface area contributed by atoms with Crippen molar-refractivity contribution in [3.05, 3.63) is 95.2 Å². The summed E-state index contributed by atoms with van der Waals surface area (Å²) >= 11 is 0. The van der Waals surface area contributed by atoms with Gasteiger partial charge in [-0.2, -0.15) is 0 Å². The molecule has 162 valence electrons. The number of carbonyl (C=O) groups is 2. The van der Waals surface area contributed by atoms with Crippen molar-refractivity contribution >= 4 is 28.8 Å². The third kappa shape index (κ3) is 4.14. The first kappa shape index (κ1) is 21.4. The van der Waals surface area contributed by atoms with Gasteiger partial charge in [0.2, 0.25) is 0 Å². The van der Waals surface area contributed by atoms with Crippen LogP contribution in [-0.4, -0.2) is 18.4 Å². The van der Waals surface area contributed by atoms with Gasteiger partial charge in [-0.1, -0.05) is 43.3 Å². The van der Waals surface area contributed by atoms with Gasteiger partial charge in [-0.3, -0.25) is 9.59 Å². The zero-order valence-corrected chi connectivity index (χ0v) is 18.5. The molecule has 1 aliphatic rings. The van der Waals surface area contributed by atoms with Gasteiger partial charge in [0.25, 0.3) is 11.8 Å².